The SMILES string of the molecule is O=C(COC(=O)c1cccc(S(=O)(=O)N2CCCC2)c1)Nc1ccc([N+](=O)[O-])cc1. The molecule has 2 aromatic carbocycles. The molecule has 1 aliphatic heterocycles. The van der Waals surface area contributed by atoms with Gasteiger partial charge in [-0.15, -0.1) is 0 Å². The van der Waals surface area contributed by atoms with E-state index >= 15 is 0 Å². The predicted octanol–water partition coefficient (Wildman–Crippen LogP) is 2.17. The van der Waals surface area contributed by atoms with Crippen LogP contribution in [-0.4, -0.2) is 49.2 Å². The van der Waals surface area contributed by atoms with Crippen LogP contribution < -0.4 is 5.32 Å². The Labute approximate surface area is 172 Å². The lowest BCUT2D eigenvalue weighted by Crippen LogP contribution is -2.28. The van der Waals surface area contributed by atoms with Crippen molar-refractivity contribution in [2.45, 2.75) is 17.7 Å². The van der Waals surface area contributed by atoms with Crippen LogP contribution in [0.1, 0.15) is 23.2 Å². The van der Waals surface area contributed by atoms with Crippen molar-refractivity contribution >= 4 is 33.3 Å². The van der Waals surface area contributed by atoms with Crippen LogP contribution in [-0.2, 0) is 19.6 Å². The van der Waals surface area contributed by atoms with E-state index < -0.39 is 33.4 Å². The standard InChI is InChI=1S/C19H19N3O7S/c23-18(20-15-6-8-16(9-7-15)22(25)26)13-29-19(24)14-4-3-5-17(12-14)30(27,28)21-10-1-2-11-21/h3-9,12H,1-2,10-11,13H2,(H,20,23). The number of nitrogens with one attached hydrogen (secondary N) is 1. The van der Waals surface area contributed by atoms with Gasteiger partial charge in [0.1, 0.15) is 0 Å². The van der Waals surface area contributed by atoms with Gasteiger partial charge < -0.3 is 10.1 Å². The van der Waals surface area contributed by atoms with Crippen molar-refractivity contribution in [2.75, 3.05) is 25.0 Å². The molecular weight excluding hydrogens is 414 g/mol. The number of anilines is 1. The Hall–Kier alpha value is -3.31. The van der Waals surface area contributed by atoms with Crippen LogP contribution in [0.2, 0.25) is 0 Å². The molecule has 2 aromatic rings. The third kappa shape index (κ3) is 4.99. The zero-order valence-corrected chi connectivity index (χ0v) is 16.6. The maximum Gasteiger partial charge on any atom is 0.338 e. The molecule has 1 saturated heterocycles. The van der Waals surface area contributed by atoms with Gasteiger partial charge >= 0.3 is 5.97 Å². The van der Waals surface area contributed by atoms with E-state index in [0.717, 1.165) is 12.8 Å². The highest BCUT2D eigenvalue weighted by molar-refractivity contribution is 7.89. The number of nitro groups is 1. The van der Waals surface area contributed by atoms with Crippen molar-refractivity contribution < 1.29 is 27.7 Å². The van der Waals surface area contributed by atoms with Gasteiger partial charge in [0, 0.05) is 30.9 Å². The molecule has 1 N–H and O–H groups in total. The lowest BCUT2D eigenvalue weighted by atomic mass is 10.2. The molecule has 0 spiro atoms. The third-order valence-corrected chi connectivity index (χ3v) is 6.36. The number of amides is 1. The van der Waals surface area contributed by atoms with Crippen molar-refractivity contribution in [3.63, 3.8) is 0 Å². The maximum atomic E-state index is 12.6. The van der Waals surface area contributed by atoms with Crippen molar-refractivity contribution in [3.05, 3.63) is 64.2 Å². The van der Waals surface area contributed by atoms with Gasteiger partial charge in [-0.3, -0.25) is 14.9 Å². The van der Waals surface area contributed by atoms with E-state index in [2.05, 4.69) is 5.32 Å². The molecule has 11 heteroatoms. The molecule has 0 atom stereocenters. The van der Waals surface area contributed by atoms with Crippen molar-refractivity contribution in [1.82, 2.24) is 4.31 Å². The smallest absolute Gasteiger partial charge is 0.338 e. The first-order valence-corrected chi connectivity index (χ1v) is 10.5. The number of hydrogen-bond acceptors (Lipinski definition) is 7. The molecule has 1 aliphatic rings. The van der Waals surface area contributed by atoms with Crippen LogP contribution in [0.15, 0.2) is 53.4 Å². The number of carbonyl (C=O) groups is 2. The summed E-state index contributed by atoms with van der Waals surface area (Å²) in [4.78, 5) is 34.2. The van der Waals surface area contributed by atoms with E-state index in [0.29, 0.717) is 18.8 Å². The third-order valence-electron chi connectivity index (χ3n) is 4.47. The Morgan fingerprint density at radius 2 is 1.77 bits per heavy atom. The quantitative estimate of drug-likeness (QED) is 0.401. The first kappa shape index (κ1) is 21.4. The summed E-state index contributed by atoms with van der Waals surface area (Å²) < 4.78 is 31.5. The fourth-order valence-corrected chi connectivity index (χ4v) is 4.50. The molecule has 0 bridgehead atoms. The minimum absolute atomic E-state index is 0.00539. The Balaban J connectivity index is 1.59. The lowest BCUT2D eigenvalue weighted by Gasteiger charge is -2.15. The minimum atomic E-state index is -3.68. The van der Waals surface area contributed by atoms with Gasteiger partial charge in [0.2, 0.25) is 10.0 Å². The summed E-state index contributed by atoms with van der Waals surface area (Å²) in [6, 6.07) is 10.6. The Morgan fingerprint density at radius 3 is 2.40 bits per heavy atom. The van der Waals surface area contributed by atoms with Crippen LogP contribution in [0, 0.1) is 10.1 Å². The topological polar surface area (TPSA) is 136 Å². The van der Waals surface area contributed by atoms with Gasteiger partial charge in [0.15, 0.2) is 6.61 Å². The minimum Gasteiger partial charge on any atom is -0.452 e. The lowest BCUT2D eigenvalue weighted by molar-refractivity contribution is -0.384. The van der Waals surface area contributed by atoms with Crippen LogP contribution in [0.5, 0.6) is 0 Å². The molecule has 1 fully saturated rings. The van der Waals surface area contributed by atoms with E-state index in [1.165, 1.54) is 52.8 Å². The van der Waals surface area contributed by atoms with E-state index in [4.69, 9.17) is 4.74 Å². The Bertz CT molecular complexity index is 1060. The molecule has 30 heavy (non-hydrogen) atoms. The summed E-state index contributed by atoms with van der Waals surface area (Å²) in [5.41, 5.74) is 0.196. The summed E-state index contributed by atoms with van der Waals surface area (Å²) in [7, 11) is -3.68. The average molecular weight is 433 g/mol. The summed E-state index contributed by atoms with van der Waals surface area (Å²) >= 11 is 0. The van der Waals surface area contributed by atoms with E-state index in [1.807, 2.05) is 0 Å². The maximum absolute atomic E-state index is 12.6. The van der Waals surface area contributed by atoms with Crippen LogP contribution in [0.3, 0.4) is 0 Å². The van der Waals surface area contributed by atoms with Gasteiger partial charge in [0.05, 0.1) is 15.4 Å². The second kappa shape index (κ2) is 9.01. The number of non-ortho nitro benzene ring substituents is 1. The molecule has 1 heterocycles. The largest absolute Gasteiger partial charge is 0.452 e. The monoisotopic (exact) mass is 433 g/mol. The number of nitrogens with zero attached hydrogens (tertiary/aromatic N) is 2. The summed E-state index contributed by atoms with van der Waals surface area (Å²) in [6.45, 7) is 0.290. The summed E-state index contributed by atoms with van der Waals surface area (Å²) in [5.74, 6) is -1.48. The van der Waals surface area contributed by atoms with Crippen LogP contribution in [0.25, 0.3) is 0 Å². The summed E-state index contributed by atoms with van der Waals surface area (Å²) in [6.07, 6.45) is 1.59. The molecule has 0 aromatic heterocycles. The zero-order valence-electron chi connectivity index (χ0n) is 15.8. The van der Waals surface area contributed by atoms with Crippen LogP contribution in [0.4, 0.5) is 11.4 Å². The first-order chi connectivity index (χ1) is 14.3. The molecule has 3 rings (SSSR count). The number of esters is 1. The predicted molar refractivity (Wildman–Crippen MR) is 106 cm³/mol. The molecule has 10 nitrogen and oxygen atoms in total. The highest BCUT2D eigenvalue weighted by Crippen LogP contribution is 2.22. The fraction of sp³-hybridized carbons (Fsp3) is 0.263. The van der Waals surface area contributed by atoms with Gasteiger partial charge in [-0.1, -0.05) is 6.07 Å². The molecule has 0 unspecified atom stereocenters. The van der Waals surface area contributed by atoms with Gasteiger partial charge in [-0.2, -0.15) is 4.31 Å². The zero-order chi connectivity index (χ0) is 21.7. The second-order valence-corrected chi connectivity index (χ2v) is 8.51. The number of nitro benzene ring substituents is 1. The highest BCUT2D eigenvalue weighted by Gasteiger charge is 2.27. The number of rotatable bonds is 7. The van der Waals surface area contributed by atoms with Crippen LogP contribution >= 0.6 is 0 Å². The fourth-order valence-electron chi connectivity index (χ4n) is 2.94. The van der Waals surface area contributed by atoms with Gasteiger partial charge in [-0.05, 0) is 43.2 Å². The average Bonchev–Trinajstić information content (AvgIpc) is 3.28. The number of hydrogen-bond donors (Lipinski definition) is 1. The van der Waals surface area contributed by atoms with Gasteiger partial charge in [-0.25, -0.2) is 13.2 Å². The Kier molecular flexibility index (Phi) is 6.43. The van der Waals surface area contributed by atoms with Crippen molar-refractivity contribution in [2.24, 2.45) is 0 Å². The van der Waals surface area contributed by atoms with Crippen molar-refractivity contribution in [3.8, 4) is 0 Å². The van der Waals surface area contributed by atoms with E-state index in [1.54, 1.807) is 0 Å². The number of sulfonamides is 1. The normalized spacial score (nSPS) is 14.3. The molecule has 158 valence electrons. The molecular formula is C19H19N3O7S. The molecule has 1 amide bonds. The molecule has 0 aliphatic carbocycles. The highest BCUT2D eigenvalue weighted by atomic mass is 32.2. The van der Waals surface area contributed by atoms with Gasteiger partial charge in [0.25, 0.3) is 11.6 Å². The number of carbonyl (C=O) groups excluding carboxylic acids is 2. The van der Waals surface area contributed by atoms with E-state index in [9.17, 15) is 28.1 Å². The molecule has 0 saturated carbocycles. The second-order valence-electron chi connectivity index (χ2n) is 6.57. The Morgan fingerprint density at radius 1 is 1.10 bits per heavy atom. The first-order valence-electron chi connectivity index (χ1n) is 9.09. The van der Waals surface area contributed by atoms with Crippen molar-refractivity contribution in [1.29, 1.82) is 0 Å². The number of ether oxygens (including phenoxy) is 1. The number of benzene rings is 2. The summed E-state index contributed by atoms with van der Waals surface area (Å²) in [5, 5.41) is 13.1. The van der Waals surface area contributed by atoms with E-state index in [-0.39, 0.29) is 16.1 Å². The molecule has 0 radical (unpaired) electrons.